The van der Waals surface area contributed by atoms with Crippen LogP contribution >= 0.6 is 27.7 Å². The molecule has 0 saturated carbocycles. The summed E-state index contributed by atoms with van der Waals surface area (Å²) in [5.74, 6) is 0. The number of halogens is 1. The lowest BCUT2D eigenvalue weighted by molar-refractivity contribution is 1.09. The minimum Gasteiger partial charge on any atom is -0.349 e. The van der Waals surface area contributed by atoms with E-state index in [1.165, 1.54) is 10.9 Å². The molecule has 0 fully saturated rings. The molecular formula is C14H11BrN2S. The molecular weight excluding hydrogens is 308 g/mol. The van der Waals surface area contributed by atoms with Crippen LogP contribution in [-0.4, -0.2) is 9.97 Å². The van der Waals surface area contributed by atoms with Crippen LogP contribution in [-0.2, 0) is 0 Å². The predicted octanol–water partition coefficient (Wildman–Crippen LogP) is 4.79. The predicted molar refractivity (Wildman–Crippen MR) is 79.1 cm³/mol. The third-order valence-electron chi connectivity index (χ3n) is 2.74. The van der Waals surface area contributed by atoms with E-state index in [0.29, 0.717) is 0 Å². The Morgan fingerprint density at radius 3 is 2.83 bits per heavy atom. The quantitative estimate of drug-likeness (QED) is 0.736. The molecule has 90 valence electrons. The Balaban J connectivity index is 1.93. The number of rotatable bonds is 2. The second-order valence-electron chi connectivity index (χ2n) is 4.09. The number of hydrogen-bond donors (Lipinski definition) is 1. The summed E-state index contributed by atoms with van der Waals surface area (Å²) in [6.45, 7) is 2.07. The van der Waals surface area contributed by atoms with Gasteiger partial charge in [0.25, 0.3) is 0 Å². The van der Waals surface area contributed by atoms with Gasteiger partial charge in [0.2, 0.25) is 0 Å². The van der Waals surface area contributed by atoms with Crippen LogP contribution < -0.4 is 0 Å². The maximum atomic E-state index is 4.40. The van der Waals surface area contributed by atoms with Crippen LogP contribution in [0.5, 0.6) is 0 Å². The van der Waals surface area contributed by atoms with Crippen molar-refractivity contribution >= 4 is 38.6 Å². The summed E-state index contributed by atoms with van der Waals surface area (Å²) in [6.07, 6.45) is 1.85. The molecule has 0 aliphatic carbocycles. The first kappa shape index (κ1) is 11.8. The van der Waals surface area contributed by atoms with Crippen molar-refractivity contribution in [1.29, 1.82) is 0 Å². The van der Waals surface area contributed by atoms with Gasteiger partial charge < -0.3 is 4.98 Å². The van der Waals surface area contributed by atoms with Crippen molar-refractivity contribution < 1.29 is 0 Å². The largest absolute Gasteiger partial charge is 0.349 e. The Morgan fingerprint density at radius 1 is 1.22 bits per heavy atom. The van der Waals surface area contributed by atoms with E-state index in [1.807, 2.05) is 18.3 Å². The Bertz CT molecular complexity index is 673. The molecule has 0 atom stereocenters. The van der Waals surface area contributed by atoms with Gasteiger partial charge >= 0.3 is 0 Å². The second-order valence-corrected chi connectivity index (χ2v) is 6.01. The number of H-pyrrole nitrogens is 1. The monoisotopic (exact) mass is 318 g/mol. The van der Waals surface area contributed by atoms with Gasteiger partial charge in [-0.05, 0) is 46.6 Å². The van der Waals surface area contributed by atoms with Crippen molar-refractivity contribution in [2.24, 2.45) is 0 Å². The summed E-state index contributed by atoms with van der Waals surface area (Å²) in [5, 5.41) is 3.35. The molecule has 2 nitrogen and oxygen atoms in total. The molecule has 0 amide bonds. The number of aryl methyl sites for hydroxylation is 1. The van der Waals surface area contributed by atoms with E-state index in [-0.39, 0.29) is 0 Å². The number of pyridine rings is 1. The van der Waals surface area contributed by atoms with Gasteiger partial charge in [-0.15, -0.1) is 0 Å². The van der Waals surface area contributed by atoms with Crippen LogP contribution in [0.4, 0.5) is 0 Å². The Hall–Kier alpha value is -1.26. The van der Waals surface area contributed by atoms with Crippen LogP contribution in [0.1, 0.15) is 5.56 Å². The molecule has 0 bridgehead atoms. The molecule has 0 aliphatic heterocycles. The van der Waals surface area contributed by atoms with Crippen LogP contribution in [0, 0.1) is 6.92 Å². The van der Waals surface area contributed by atoms with Gasteiger partial charge in [-0.25, -0.2) is 4.98 Å². The van der Waals surface area contributed by atoms with Crippen LogP contribution in [0.25, 0.3) is 10.9 Å². The van der Waals surface area contributed by atoms with Gasteiger partial charge in [-0.1, -0.05) is 30.0 Å². The van der Waals surface area contributed by atoms with Gasteiger partial charge in [0.05, 0.1) is 5.03 Å². The number of nitrogens with one attached hydrogen (secondary N) is 1. The van der Waals surface area contributed by atoms with Gasteiger partial charge in [0, 0.05) is 21.6 Å². The number of benzene rings is 1. The molecule has 0 radical (unpaired) electrons. The van der Waals surface area contributed by atoms with Gasteiger partial charge in [-0.2, -0.15) is 0 Å². The minimum absolute atomic E-state index is 1.00. The number of aromatic amines is 1. The van der Waals surface area contributed by atoms with Crippen molar-refractivity contribution in [2.45, 2.75) is 17.0 Å². The normalized spacial score (nSPS) is 11.0. The van der Waals surface area contributed by atoms with E-state index < -0.39 is 0 Å². The number of nitrogens with zero attached hydrogens (tertiary/aromatic N) is 1. The third kappa shape index (κ3) is 2.31. The lowest BCUT2D eigenvalue weighted by Crippen LogP contribution is -1.83. The molecule has 0 unspecified atom stereocenters. The topological polar surface area (TPSA) is 28.7 Å². The fourth-order valence-corrected chi connectivity index (χ4v) is 2.91. The molecule has 2 heterocycles. The van der Waals surface area contributed by atoms with Crippen LogP contribution in [0.15, 0.2) is 57.1 Å². The Kier molecular flexibility index (Phi) is 3.14. The summed E-state index contributed by atoms with van der Waals surface area (Å²) >= 11 is 5.11. The van der Waals surface area contributed by atoms with Crippen LogP contribution in [0.3, 0.4) is 0 Å². The highest BCUT2D eigenvalue weighted by Gasteiger charge is 2.04. The molecule has 3 rings (SSSR count). The molecule has 3 aromatic rings. The average molecular weight is 319 g/mol. The van der Waals surface area contributed by atoms with E-state index in [1.54, 1.807) is 11.8 Å². The van der Waals surface area contributed by atoms with Gasteiger partial charge in [0.1, 0.15) is 5.03 Å². The average Bonchev–Trinajstić information content (AvgIpc) is 2.76. The molecule has 0 saturated heterocycles. The number of hydrogen-bond acceptors (Lipinski definition) is 2. The highest BCUT2D eigenvalue weighted by molar-refractivity contribution is 9.10. The van der Waals surface area contributed by atoms with Crippen molar-refractivity contribution in [1.82, 2.24) is 9.97 Å². The second kappa shape index (κ2) is 4.78. The summed E-state index contributed by atoms with van der Waals surface area (Å²) in [7, 11) is 0. The maximum absolute atomic E-state index is 4.40. The van der Waals surface area contributed by atoms with E-state index in [2.05, 4.69) is 57.1 Å². The SMILES string of the molecule is Cc1cc(Sc2cc3ccccc3[nH]2)ncc1Br. The summed E-state index contributed by atoms with van der Waals surface area (Å²) < 4.78 is 1.04. The van der Waals surface area contributed by atoms with Crippen molar-refractivity contribution in [3.05, 3.63) is 52.6 Å². The number of aromatic nitrogens is 2. The van der Waals surface area contributed by atoms with Crippen molar-refractivity contribution in [2.75, 3.05) is 0 Å². The Morgan fingerprint density at radius 2 is 2.06 bits per heavy atom. The first-order chi connectivity index (χ1) is 8.72. The van der Waals surface area contributed by atoms with E-state index in [4.69, 9.17) is 0 Å². The van der Waals surface area contributed by atoms with Crippen molar-refractivity contribution in [3.63, 3.8) is 0 Å². The minimum atomic E-state index is 1.00. The first-order valence-corrected chi connectivity index (χ1v) is 7.21. The summed E-state index contributed by atoms with van der Waals surface area (Å²) in [5.41, 5.74) is 2.36. The molecule has 0 aliphatic rings. The van der Waals surface area contributed by atoms with Gasteiger partial charge in [0.15, 0.2) is 0 Å². The number of para-hydroxylation sites is 1. The van der Waals surface area contributed by atoms with E-state index in [0.717, 1.165) is 20.0 Å². The number of fused-ring (bicyclic) bond motifs is 1. The molecule has 0 spiro atoms. The zero-order chi connectivity index (χ0) is 12.5. The zero-order valence-electron chi connectivity index (χ0n) is 9.77. The maximum Gasteiger partial charge on any atom is 0.102 e. The fourth-order valence-electron chi connectivity index (χ4n) is 1.78. The molecule has 4 heteroatoms. The molecule has 1 aromatic carbocycles. The zero-order valence-corrected chi connectivity index (χ0v) is 12.2. The van der Waals surface area contributed by atoms with Crippen LogP contribution in [0.2, 0.25) is 0 Å². The van der Waals surface area contributed by atoms with Crippen molar-refractivity contribution in [3.8, 4) is 0 Å². The first-order valence-electron chi connectivity index (χ1n) is 5.60. The molecule has 18 heavy (non-hydrogen) atoms. The highest BCUT2D eigenvalue weighted by atomic mass is 79.9. The third-order valence-corrected chi connectivity index (χ3v) is 4.44. The Labute approximate surface area is 118 Å². The summed E-state index contributed by atoms with van der Waals surface area (Å²) in [4.78, 5) is 7.79. The summed E-state index contributed by atoms with van der Waals surface area (Å²) in [6, 6.07) is 12.5. The van der Waals surface area contributed by atoms with Gasteiger partial charge in [-0.3, -0.25) is 0 Å². The van der Waals surface area contributed by atoms with E-state index in [9.17, 15) is 0 Å². The lowest BCUT2D eigenvalue weighted by Gasteiger charge is -2.01. The van der Waals surface area contributed by atoms with E-state index >= 15 is 0 Å². The molecule has 2 aromatic heterocycles. The standard InChI is InChI=1S/C14H11BrN2S/c1-9-6-13(16-8-11(9)15)18-14-7-10-4-2-3-5-12(10)17-14/h2-8,17H,1H3. The molecule has 1 N–H and O–H groups in total. The smallest absolute Gasteiger partial charge is 0.102 e. The fraction of sp³-hybridized carbons (Fsp3) is 0.0714. The lowest BCUT2D eigenvalue weighted by atomic mass is 10.3. The highest BCUT2D eigenvalue weighted by Crippen LogP contribution is 2.30.